The highest BCUT2D eigenvalue weighted by atomic mass is 32.2. The molecule has 0 saturated heterocycles. The number of ether oxygens (including phenoxy) is 1. The number of aryl methyl sites for hydroxylation is 2. The molecule has 0 amide bonds. The molecule has 8 heteroatoms. The maximum atomic E-state index is 12.1. The van der Waals surface area contributed by atoms with Gasteiger partial charge >= 0.3 is 0 Å². The smallest absolute Gasteiger partial charge is 0.297 e. The summed E-state index contributed by atoms with van der Waals surface area (Å²) in [4.78, 5) is 9.85. The van der Waals surface area contributed by atoms with Crippen LogP contribution in [0.2, 0.25) is 0 Å². The summed E-state index contributed by atoms with van der Waals surface area (Å²) in [6.45, 7) is 4.44. The third kappa shape index (κ3) is 8.46. The molecule has 1 aliphatic rings. The molecule has 0 unspecified atom stereocenters. The molecule has 0 radical (unpaired) electrons. The Kier molecular flexibility index (Phi) is 9.19. The zero-order chi connectivity index (χ0) is 23.5. The van der Waals surface area contributed by atoms with Gasteiger partial charge in [0.2, 0.25) is 0 Å². The SMILES string of the molecule is Cc1ccc(S(=O)(=O)OCCOCCO/N=C2/C=C(C#Cc3cccc(C)n3)CCC2)cc1. The largest absolute Gasteiger partial charge is 0.393 e. The molecule has 174 valence electrons. The normalized spacial score (nSPS) is 15.0. The van der Waals surface area contributed by atoms with Gasteiger partial charge in [-0.05, 0) is 69.4 Å². The molecule has 2 aromatic rings. The van der Waals surface area contributed by atoms with Crippen molar-refractivity contribution < 1.29 is 22.2 Å². The van der Waals surface area contributed by atoms with Crippen molar-refractivity contribution in [1.82, 2.24) is 4.98 Å². The second-order valence-electron chi connectivity index (χ2n) is 7.55. The number of pyridine rings is 1. The van der Waals surface area contributed by atoms with E-state index in [1.807, 2.05) is 38.1 Å². The predicted octanol–water partition coefficient (Wildman–Crippen LogP) is 3.95. The van der Waals surface area contributed by atoms with Crippen molar-refractivity contribution in [3.8, 4) is 11.8 Å². The first kappa shape index (κ1) is 24.6. The van der Waals surface area contributed by atoms with Gasteiger partial charge < -0.3 is 9.57 Å². The molecule has 0 bridgehead atoms. The van der Waals surface area contributed by atoms with E-state index in [2.05, 4.69) is 22.0 Å². The van der Waals surface area contributed by atoms with E-state index in [-0.39, 0.29) is 31.3 Å². The van der Waals surface area contributed by atoms with Crippen LogP contribution >= 0.6 is 0 Å². The Morgan fingerprint density at radius 2 is 1.76 bits per heavy atom. The van der Waals surface area contributed by atoms with Crippen molar-refractivity contribution in [2.45, 2.75) is 38.0 Å². The number of hydrogen-bond acceptors (Lipinski definition) is 7. The lowest BCUT2D eigenvalue weighted by Gasteiger charge is -2.10. The highest BCUT2D eigenvalue weighted by Crippen LogP contribution is 2.16. The van der Waals surface area contributed by atoms with E-state index >= 15 is 0 Å². The Morgan fingerprint density at radius 1 is 0.970 bits per heavy atom. The van der Waals surface area contributed by atoms with E-state index in [0.717, 1.165) is 47.5 Å². The average Bonchev–Trinajstić information content (AvgIpc) is 2.80. The van der Waals surface area contributed by atoms with Gasteiger partial charge in [-0.3, -0.25) is 4.18 Å². The molecule has 0 saturated carbocycles. The first-order valence-electron chi connectivity index (χ1n) is 10.8. The lowest BCUT2D eigenvalue weighted by Crippen LogP contribution is -2.13. The molecule has 0 N–H and O–H groups in total. The predicted molar refractivity (Wildman–Crippen MR) is 126 cm³/mol. The Hall–Kier alpha value is -2.99. The van der Waals surface area contributed by atoms with Gasteiger partial charge in [-0.25, -0.2) is 4.98 Å². The average molecular weight is 469 g/mol. The van der Waals surface area contributed by atoms with Gasteiger partial charge in [0.1, 0.15) is 12.3 Å². The number of allylic oxidation sites excluding steroid dienone is 2. The number of oxime groups is 1. The maximum absolute atomic E-state index is 12.1. The van der Waals surface area contributed by atoms with Crippen LogP contribution < -0.4 is 0 Å². The number of rotatable bonds is 9. The Balaban J connectivity index is 1.36. The standard InChI is InChI=1S/C25H28N2O5S/c1-20-9-13-25(14-10-20)33(28,29)32-18-16-30-15-17-31-27-24-8-4-6-22(19-24)11-12-23-7-3-5-21(2)26-23/h3,5,7,9-10,13-14,19H,4,6,8,15-18H2,1-2H3/b27-24+. The van der Waals surface area contributed by atoms with Crippen LogP contribution in [0.15, 0.2) is 64.2 Å². The summed E-state index contributed by atoms with van der Waals surface area (Å²) in [5.74, 6) is 6.27. The summed E-state index contributed by atoms with van der Waals surface area (Å²) in [5, 5.41) is 4.16. The number of aromatic nitrogens is 1. The molecule has 1 aromatic carbocycles. The minimum atomic E-state index is -3.77. The van der Waals surface area contributed by atoms with E-state index in [1.54, 1.807) is 12.1 Å². The minimum Gasteiger partial charge on any atom is -0.393 e. The Labute approximate surface area is 195 Å². The Bertz CT molecular complexity index is 1160. The third-order valence-electron chi connectivity index (χ3n) is 4.74. The van der Waals surface area contributed by atoms with Crippen molar-refractivity contribution >= 4 is 15.8 Å². The van der Waals surface area contributed by atoms with Crippen LogP contribution in [0.3, 0.4) is 0 Å². The zero-order valence-corrected chi connectivity index (χ0v) is 19.7. The van der Waals surface area contributed by atoms with E-state index in [0.29, 0.717) is 0 Å². The van der Waals surface area contributed by atoms with E-state index in [1.165, 1.54) is 12.1 Å². The molecular formula is C25H28N2O5S. The monoisotopic (exact) mass is 468 g/mol. The molecule has 1 aromatic heterocycles. The van der Waals surface area contributed by atoms with Gasteiger partial charge in [-0.2, -0.15) is 8.42 Å². The fraction of sp³-hybridized carbons (Fsp3) is 0.360. The molecule has 7 nitrogen and oxygen atoms in total. The minimum absolute atomic E-state index is 0.0642. The van der Waals surface area contributed by atoms with Crippen LogP contribution in [-0.2, 0) is 23.9 Å². The fourth-order valence-corrected chi connectivity index (χ4v) is 3.93. The molecular weight excluding hydrogens is 440 g/mol. The lowest BCUT2D eigenvalue weighted by atomic mass is 9.98. The molecule has 1 heterocycles. The summed E-state index contributed by atoms with van der Waals surface area (Å²) >= 11 is 0. The highest BCUT2D eigenvalue weighted by molar-refractivity contribution is 7.86. The summed E-state index contributed by atoms with van der Waals surface area (Å²) in [6, 6.07) is 12.3. The van der Waals surface area contributed by atoms with Gasteiger partial charge in [0, 0.05) is 11.3 Å². The van der Waals surface area contributed by atoms with Crippen LogP contribution in [0, 0.1) is 25.7 Å². The first-order chi connectivity index (χ1) is 15.9. The van der Waals surface area contributed by atoms with Crippen molar-refractivity contribution in [2.75, 3.05) is 26.4 Å². The molecule has 0 fully saturated rings. The summed E-state index contributed by atoms with van der Waals surface area (Å²) < 4.78 is 34.5. The van der Waals surface area contributed by atoms with Crippen molar-refractivity contribution in [1.29, 1.82) is 0 Å². The molecule has 1 aliphatic carbocycles. The first-order valence-corrected chi connectivity index (χ1v) is 12.2. The van der Waals surface area contributed by atoms with Gasteiger partial charge in [0.15, 0.2) is 0 Å². The summed E-state index contributed by atoms with van der Waals surface area (Å²) in [6.07, 6.45) is 4.66. The molecule has 0 aliphatic heterocycles. The summed E-state index contributed by atoms with van der Waals surface area (Å²) in [5.41, 5.74) is 4.53. The van der Waals surface area contributed by atoms with Crippen molar-refractivity contribution in [2.24, 2.45) is 5.16 Å². The Morgan fingerprint density at radius 3 is 2.55 bits per heavy atom. The van der Waals surface area contributed by atoms with Gasteiger partial charge in [0.25, 0.3) is 10.1 Å². The lowest BCUT2D eigenvalue weighted by molar-refractivity contribution is 0.0393. The topological polar surface area (TPSA) is 87.1 Å². The number of benzene rings is 1. The second-order valence-corrected chi connectivity index (χ2v) is 9.17. The molecule has 33 heavy (non-hydrogen) atoms. The number of nitrogens with zero attached hydrogens (tertiary/aromatic N) is 2. The summed E-state index contributed by atoms with van der Waals surface area (Å²) in [7, 11) is -3.77. The van der Waals surface area contributed by atoms with E-state index < -0.39 is 10.1 Å². The zero-order valence-electron chi connectivity index (χ0n) is 18.9. The quantitative estimate of drug-likeness (QED) is 0.240. The highest BCUT2D eigenvalue weighted by Gasteiger charge is 2.14. The molecule has 0 spiro atoms. The molecule has 3 rings (SSSR count). The van der Waals surface area contributed by atoms with Crippen LogP contribution in [-0.4, -0.2) is 45.5 Å². The van der Waals surface area contributed by atoms with Gasteiger partial charge in [-0.1, -0.05) is 34.8 Å². The maximum Gasteiger partial charge on any atom is 0.297 e. The van der Waals surface area contributed by atoms with Crippen molar-refractivity contribution in [3.05, 3.63) is 71.1 Å². The van der Waals surface area contributed by atoms with Gasteiger partial charge in [-0.15, -0.1) is 0 Å². The van der Waals surface area contributed by atoms with Crippen LogP contribution in [0.1, 0.15) is 36.2 Å². The second kappa shape index (κ2) is 12.3. The van der Waals surface area contributed by atoms with E-state index in [4.69, 9.17) is 13.8 Å². The fourth-order valence-electron chi connectivity index (χ4n) is 3.04. The van der Waals surface area contributed by atoms with Crippen molar-refractivity contribution in [3.63, 3.8) is 0 Å². The number of hydrogen-bond donors (Lipinski definition) is 0. The van der Waals surface area contributed by atoms with Crippen LogP contribution in [0.5, 0.6) is 0 Å². The van der Waals surface area contributed by atoms with Crippen LogP contribution in [0.4, 0.5) is 0 Å². The molecule has 0 atom stereocenters. The van der Waals surface area contributed by atoms with Crippen LogP contribution in [0.25, 0.3) is 0 Å². The van der Waals surface area contributed by atoms with Gasteiger partial charge in [0.05, 0.1) is 30.4 Å². The third-order valence-corrected chi connectivity index (χ3v) is 6.06. The van der Waals surface area contributed by atoms with E-state index in [9.17, 15) is 8.42 Å².